The first-order valence-electron chi connectivity index (χ1n) is 10.7. The summed E-state index contributed by atoms with van der Waals surface area (Å²) in [4.78, 5) is 0. The topological polar surface area (TPSA) is 77.6 Å². The van der Waals surface area contributed by atoms with Gasteiger partial charge in [0.1, 0.15) is 0 Å². The molecule has 0 unspecified atom stereocenters. The summed E-state index contributed by atoms with van der Waals surface area (Å²) in [6.45, 7) is 2.43. The van der Waals surface area contributed by atoms with Crippen molar-refractivity contribution in [2.75, 3.05) is 46.0 Å². The van der Waals surface area contributed by atoms with Crippen LogP contribution in [0.4, 0.5) is 11.5 Å². The highest BCUT2D eigenvalue weighted by molar-refractivity contribution is 6.30. The second-order valence-electron chi connectivity index (χ2n) is 7.58. The van der Waals surface area contributed by atoms with Gasteiger partial charge in [-0.3, -0.25) is 5.10 Å². The third-order valence-corrected chi connectivity index (χ3v) is 5.50. The van der Waals surface area contributed by atoms with Crippen molar-refractivity contribution in [3.05, 3.63) is 52.5 Å². The van der Waals surface area contributed by atoms with E-state index in [1.54, 1.807) is 14.2 Å². The van der Waals surface area contributed by atoms with Crippen LogP contribution in [0, 0.1) is 0 Å². The van der Waals surface area contributed by atoms with Crippen LogP contribution >= 0.6 is 11.6 Å². The number of nitrogens with zero attached hydrogens (tertiary/aromatic N) is 1. The first kappa shape index (κ1) is 22.5. The highest BCUT2D eigenvalue weighted by atomic mass is 35.5. The fraction of sp³-hybridized carbons (Fsp3) is 0.375. The van der Waals surface area contributed by atoms with Crippen molar-refractivity contribution >= 4 is 23.1 Å². The number of rotatable bonds is 12. The average Bonchev–Trinajstić information content (AvgIpc) is 3.33. The van der Waals surface area contributed by atoms with Crippen molar-refractivity contribution in [2.24, 2.45) is 0 Å². The molecule has 4 rings (SSSR count). The van der Waals surface area contributed by atoms with Gasteiger partial charge in [0, 0.05) is 68.5 Å². The highest BCUT2D eigenvalue weighted by Gasteiger charge is 2.27. The van der Waals surface area contributed by atoms with Gasteiger partial charge >= 0.3 is 0 Å². The van der Waals surface area contributed by atoms with Crippen LogP contribution in [0.5, 0.6) is 11.5 Å². The number of nitrogens with one attached hydrogen (secondary N) is 2. The Morgan fingerprint density at radius 2 is 1.69 bits per heavy atom. The first-order valence-corrected chi connectivity index (χ1v) is 11.1. The molecule has 2 aromatic carbocycles. The van der Waals surface area contributed by atoms with Gasteiger partial charge in [0.25, 0.3) is 0 Å². The van der Waals surface area contributed by atoms with Crippen molar-refractivity contribution in [3.8, 4) is 22.8 Å². The van der Waals surface area contributed by atoms with Crippen LogP contribution in [-0.2, 0) is 15.9 Å². The van der Waals surface area contributed by atoms with E-state index in [1.807, 2.05) is 30.3 Å². The molecule has 1 heterocycles. The quantitative estimate of drug-likeness (QED) is 0.284. The van der Waals surface area contributed by atoms with Crippen LogP contribution in [0.15, 0.2) is 36.4 Å². The Kier molecular flexibility index (Phi) is 7.52. The standard InChI is InChI=1S/C24H28ClN3O4/c1-29-8-4-10-31-21-13-16-12-20-23(19(16)15-22(21)32-11-5-9-30-2)27-28-24(20)26-18-7-3-6-17(25)14-18/h3,6-7,13-15H,4-5,8-12H2,1-2H3,(H2,26,27,28). The lowest BCUT2D eigenvalue weighted by Gasteiger charge is -2.15. The number of hydrogen-bond donors (Lipinski definition) is 2. The molecule has 1 aliphatic carbocycles. The largest absolute Gasteiger partial charge is 0.490 e. The molecule has 1 aromatic heterocycles. The predicted molar refractivity (Wildman–Crippen MR) is 126 cm³/mol. The maximum absolute atomic E-state index is 6.12. The van der Waals surface area contributed by atoms with E-state index in [0.717, 1.165) is 59.1 Å². The van der Waals surface area contributed by atoms with E-state index in [-0.39, 0.29) is 0 Å². The second-order valence-corrected chi connectivity index (χ2v) is 8.02. The maximum atomic E-state index is 6.12. The highest BCUT2D eigenvalue weighted by Crippen LogP contribution is 2.44. The van der Waals surface area contributed by atoms with Gasteiger partial charge in [0.2, 0.25) is 0 Å². The van der Waals surface area contributed by atoms with Crippen LogP contribution in [0.2, 0.25) is 5.02 Å². The molecule has 3 aromatic rings. The number of methoxy groups -OCH3 is 2. The van der Waals surface area contributed by atoms with E-state index >= 15 is 0 Å². The summed E-state index contributed by atoms with van der Waals surface area (Å²) in [5.41, 5.74) is 5.26. The molecule has 0 atom stereocenters. The van der Waals surface area contributed by atoms with Gasteiger partial charge in [-0.25, -0.2) is 0 Å². The molecule has 8 heteroatoms. The van der Waals surface area contributed by atoms with Crippen LogP contribution < -0.4 is 14.8 Å². The van der Waals surface area contributed by atoms with E-state index in [1.165, 1.54) is 5.56 Å². The Morgan fingerprint density at radius 1 is 0.969 bits per heavy atom. The number of H-pyrrole nitrogens is 1. The van der Waals surface area contributed by atoms with E-state index < -0.39 is 0 Å². The molecule has 7 nitrogen and oxygen atoms in total. The number of aromatic amines is 1. The predicted octanol–water partition coefficient (Wildman–Crippen LogP) is 5.21. The van der Waals surface area contributed by atoms with E-state index in [9.17, 15) is 0 Å². The molecular formula is C24H28ClN3O4. The molecule has 0 bridgehead atoms. The Morgan fingerprint density at radius 3 is 2.38 bits per heavy atom. The fourth-order valence-corrected chi connectivity index (χ4v) is 3.92. The number of fused-ring (bicyclic) bond motifs is 3. The zero-order valence-electron chi connectivity index (χ0n) is 18.4. The summed E-state index contributed by atoms with van der Waals surface area (Å²) in [7, 11) is 3.38. The van der Waals surface area contributed by atoms with Gasteiger partial charge < -0.3 is 24.3 Å². The van der Waals surface area contributed by atoms with E-state index in [0.29, 0.717) is 31.5 Å². The van der Waals surface area contributed by atoms with Crippen molar-refractivity contribution in [3.63, 3.8) is 0 Å². The second kappa shape index (κ2) is 10.7. The van der Waals surface area contributed by atoms with Crippen LogP contribution in [0.3, 0.4) is 0 Å². The van der Waals surface area contributed by atoms with Crippen LogP contribution in [0.25, 0.3) is 11.3 Å². The monoisotopic (exact) mass is 457 g/mol. The van der Waals surface area contributed by atoms with Crippen LogP contribution in [0.1, 0.15) is 24.0 Å². The Labute approximate surface area is 193 Å². The van der Waals surface area contributed by atoms with Gasteiger partial charge in [0.15, 0.2) is 17.3 Å². The normalized spacial score (nSPS) is 11.8. The minimum Gasteiger partial charge on any atom is -0.490 e. The molecule has 0 spiro atoms. The summed E-state index contributed by atoms with van der Waals surface area (Å²) >= 11 is 6.12. The minimum absolute atomic E-state index is 0.554. The minimum atomic E-state index is 0.554. The Hall–Kier alpha value is -2.74. The van der Waals surface area contributed by atoms with Gasteiger partial charge in [-0.15, -0.1) is 0 Å². The summed E-state index contributed by atoms with van der Waals surface area (Å²) in [5.74, 6) is 2.27. The Balaban J connectivity index is 1.56. The third-order valence-electron chi connectivity index (χ3n) is 5.26. The molecule has 0 radical (unpaired) electrons. The summed E-state index contributed by atoms with van der Waals surface area (Å²) in [6.07, 6.45) is 2.37. The first-order chi connectivity index (χ1) is 15.7. The lowest BCUT2D eigenvalue weighted by molar-refractivity contribution is 0.163. The molecular weight excluding hydrogens is 430 g/mol. The number of aromatic nitrogens is 2. The van der Waals surface area contributed by atoms with Crippen molar-refractivity contribution in [1.82, 2.24) is 10.2 Å². The number of halogens is 1. The van der Waals surface area contributed by atoms with Crippen LogP contribution in [-0.4, -0.2) is 50.8 Å². The lowest BCUT2D eigenvalue weighted by Crippen LogP contribution is -2.06. The van der Waals surface area contributed by atoms with Gasteiger partial charge in [-0.1, -0.05) is 17.7 Å². The zero-order chi connectivity index (χ0) is 22.3. The molecule has 32 heavy (non-hydrogen) atoms. The number of anilines is 2. The molecule has 0 saturated carbocycles. The average molecular weight is 458 g/mol. The fourth-order valence-electron chi connectivity index (χ4n) is 3.73. The summed E-state index contributed by atoms with van der Waals surface area (Å²) in [5, 5.41) is 11.7. The van der Waals surface area contributed by atoms with Gasteiger partial charge in [-0.2, -0.15) is 5.10 Å². The number of ether oxygens (including phenoxy) is 4. The lowest BCUT2D eigenvalue weighted by atomic mass is 10.1. The molecule has 0 amide bonds. The molecule has 0 fully saturated rings. The zero-order valence-corrected chi connectivity index (χ0v) is 19.1. The molecule has 1 aliphatic rings. The number of benzene rings is 2. The van der Waals surface area contributed by atoms with Crippen molar-refractivity contribution < 1.29 is 18.9 Å². The summed E-state index contributed by atoms with van der Waals surface area (Å²) in [6, 6.07) is 11.7. The molecule has 2 N–H and O–H groups in total. The van der Waals surface area contributed by atoms with E-state index in [4.69, 9.17) is 30.5 Å². The summed E-state index contributed by atoms with van der Waals surface area (Å²) < 4.78 is 22.3. The third kappa shape index (κ3) is 5.18. The molecule has 0 saturated heterocycles. The van der Waals surface area contributed by atoms with Crippen molar-refractivity contribution in [1.29, 1.82) is 0 Å². The maximum Gasteiger partial charge on any atom is 0.161 e. The van der Waals surface area contributed by atoms with Crippen molar-refractivity contribution in [2.45, 2.75) is 19.3 Å². The number of hydrogen-bond acceptors (Lipinski definition) is 6. The van der Waals surface area contributed by atoms with E-state index in [2.05, 4.69) is 21.6 Å². The Bertz CT molecular complexity index is 1050. The van der Waals surface area contributed by atoms with Gasteiger partial charge in [0.05, 0.1) is 18.9 Å². The SMILES string of the molecule is COCCCOc1cc2c(cc1OCCCOC)-c1[nH]nc(Nc3cccc(Cl)c3)c1C2. The smallest absolute Gasteiger partial charge is 0.161 e. The molecule has 0 aliphatic heterocycles. The molecule has 170 valence electrons. The van der Waals surface area contributed by atoms with Gasteiger partial charge in [-0.05, 0) is 35.9 Å².